The van der Waals surface area contributed by atoms with Gasteiger partial charge in [-0.15, -0.1) is 11.8 Å². The van der Waals surface area contributed by atoms with Crippen LogP contribution in [0.5, 0.6) is 5.75 Å². The smallest absolute Gasteiger partial charge is 0.120 e. The molecule has 0 aromatic heterocycles. The molecule has 1 heterocycles. The third-order valence-electron chi connectivity index (χ3n) is 4.61. The summed E-state index contributed by atoms with van der Waals surface area (Å²) in [5.41, 5.74) is 2.49. The minimum absolute atomic E-state index is 0.514. The Kier molecular flexibility index (Phi) is 8.74. The molecule has 0 spiro atoms. The van der Waals surface area contributed by atoms with Gasteiger partial charge in [-0.1, -0.05) is 30.3 Å². The maximum Gasteiger partial charge on any atom is 0.120 e. The van der Waals surface area contributed by atoms with Gasteiger partial charge in [0.05, 0.1) is 0 Å². The number of hydrogen-bond acceptors (Lipinski definition) is 4. The summed E-state index contributed by atoms with van der Waals surface area (Å²) in [7, 11) is 0. The standard InChI is InChI=1S/C22H26BrClN2OS/c1-2-7-27-20-9-17(14-26-13-16-5-6-25-12-16)8-18(10-20)15-28-22-4-3-19(24)11-21(22)23/h2-4,8-11,16,25-26H,1,5-7,12-15H2. The maximum atomic E-state index is 6.04. The first-order valence-corrected chi connectivity index (χ1v) is 11.7. The molecule has 1 fully saturated rings. The van der Waals surface area contributed by atoms with E-state index in [4.69, 9.17) is 16.3 Å². The zero-order valence-electron chi connectivity index (χ0n) is 15.8. The van der Waals surface area contributed by atoms with Gasteiger partial charge in [0.25, 0.3) is 0 Å². The van der Waals surface area contributed by atoms with Crippen molar-refractivity contribution in [3.05, 3.63) is 69.7 Å². The van der Waals surface area contributed by atoms with Crippen LogP contribution in [0.25, 0.3) is 0 Å². The highest BCUT2D eigenvalue weighted by Crippen LogP contribution is 2.33. The summed E-state index contributed by atoms with van der Waals surface area (Å²) in [6.07, 6.45) is 3.03. The Hall–Kier alpha value is -0.980. The van der Waals surface area contributed by atoms with E-state index in [1.54, 1.807) is 17.8 Å². The number of hydrogen-bond donors (Lipinski definition) is 2. The summed E-state index contributed by atoms with van der Waals surface area (Å²) in [5.74, 6) is 2.50. The van der Waals surface area contributed by atoms with Crippen molar-refractivity contribution in [1.82, 2.24) is 10.6 Å². The average molecular weight is 482 g/mol. The van der Waals surface area contributed by atoms with E-state index in [9.17, 15) is 0 Å². The molecule has 2 aromatic rings. The lowest BCUT2D eigenvalue weighted by atomic mass is 10.1. The van der Waals surface area contributed by atoms with E-state index >= 15 is 0 Å². The first-order chi connectivity index (χ1) is 13.6. The molecule has 0 bridgehead atoms. The van der Waals surface area contributed by atoms with Crippen molar-refractivity contribution in [3.63, 3.8) is 0 Å². The van der Waals surface area contributed by atoms with Crippen LogP contribution < -0.4 is 15.4 Å². The number of halogens is 2. The van der Waals surface area contributed by atoms with E-state index in [1.807, 2.05) is 18.2 Å². The van der Waals surface area contributed by atoms with E-state index in [0.29, 0.717) is 6.61 Å². The summed E-state index contributed by atoms with van der Waals surface area (Å²) in [6.45, 7) is 8.41. The molecule has 0 radical (unpaired) electrons. The van der Waals surface area contributed by atoms with E-state index in [-0.39, 0.29) is 0 Å². The monoisotopic (exact) mass is 480 g/mol. The Morgan fingerprint density at radius 2 is 2.14 bits per heavy atom. The molecule has 0 aliphatic carbocycles. The fraction of sp³-hybridized carbons (Fsp3) is 0.364. The molecule has 0 saturated carbocycles. The molecule has 1 aliphatic rings. The van der Waals surface area contributed by atoms with Crippen molar-refractivity contribution in [3.8, 4) is 5.75 Å². The highest BCUT2D eigenvalue weighted by molar-refractivity contribution is 9.10. The van der Waals surface area contributed by atoms with Crippen molar-refractivity contribution in [2.75, 3.05) is 26.2 Å². The highest BCUT2D eigenvalue weighted by Gasteiger charge is 2.13. The second-order valence-electron chi connectivity index (χ2n) is 6.94. The van der Waals surface area contributed by atoms with Gasteiger partial charge in [-0.05, 0) is 89.4 Å². The SMILES string of the molecule is C=CCOc1cc(CNCC2CCNC2)cc(CSc2ccc(Cl)cc2Br)c1. The number of thioether (sulfide) groups is 1. The fourth-order valence-electron chi connectivity index (χ4n) is 3.22. The van der Waals surface area contributed by atoms with Crippen molar-refractivity contribution in [2.24, 2.45) is 5.92 Å². The van der Waals surface area contributed by atoms with Crippen molar-refractivity contribution in [1.29, 1.82) is 0 Å². The average Bonchev–Trinajstić information content (AvgIpc) is 3.19. The highest BCUT2D eigenvalue weighted by atomic mass is 79.9. The summed E-state index contributed by atoms with van der Waals surface area (Å²) < 4.78 is 6.84. The fourth-order valence-corrected chi connectivity index (χ4v) is 5.09. The molecule has 3 nitrogen and oxygen atoms in total. The normalized spacial score (nSPS) is 16.3. The molecule has 3 rings (SSSR count). The van der Waals surface area contributed by atoms with Gasteiger partial charge in [0.1, 0.15) is 12.4 Å². The Balaban J connectivity index is 1.64. The predicted molar refractivity (Wildman–Crippen MR) is 124 cm³/mol. The van der Waals surface area contributed by atoms with Crippen LogP contribution in [0.15, 0.2) is 58.4 Å². The third-order valence-corrected chi connectivity index (χ3v) is 6.91. The quantitative estimate of drug-likeness (QED) is 0.339. The number of ether oxygens (including phenoxy) is 1. The van der Waals surface area contributed by atoms with Crippen molar-refractivity contribution >= 4 is 39.3 Å². The van der Waals surface area contributed by atoms with Crippen LogP contribution in [0.2, 0.25) is 5.02 Å². The zero-order chi connectivity index (χ0) is 19.8. The molecule has 1 unspecified atom stereocenters. The van der Waals surface area contributed by atoms with Crippen LogP contribution in [0, 0.1) is 5.92 Å². The van der Waals surface area contributed by atoms with Gasteiger partial charge >= 0.3 is 0 Å². The third kappa shape index (κ3) is 6.82. The van der Waals surface area contributed by atoms with Gasteiger partial charge in [-0.3, -0.25) is 0 Å². The molecule has 6 heteroatoms. The molecule has 2 N–H and O–H groups in total. The molecule has 28 heavy (non-hydrogen) atoms. The minimum Gasteiger partial charge on any atom is -0.490 e. The molecular formula is C22H26BrClN2OS. The van der Waals surface area contributed by atoms with Gasteiger partial charge in [-0.25, -0.2) is 0 Å². The van der Waals surface area contributed by atoms with Crippen LogP contribution in [-0.4, -0.2) is 26.2 Å². The number of rotatable bonds is 10. The lowest BCUT2D eigenvalue weighted by Crippen LogP contribution is -2.24. The lowest BCUT2D eigenvalue weighted by molar-refractivity contribution is 0.362. The van der Waals surface area contributed by atoms with Gasteiger partial charge < -0.3 is 15.4 Å². The largest absolute Gasteiger partial charge is 0.490 e. The zero-order valence-corrected chi connectivity index (χ0v) is 19.0. The van der Waals surface area contributed by atoms with Crippen LogP contribution >= 0.6 is 39.3 Å². The first kappa shape index (κ1) is 21.7. The van der Waals surface area contributed by atoms with Crippen molar-refractivity contribution in [2.45, 2.75) is 23.6 Å². The predicted octanol–water partition coefficient (Wildman–Crippen LogP) is 5.66. The number of nitrogens with one attached hydrogen (secondary N) is 2. The molecule has 0 amide bonds. The summed E-state index contributed by atoms with van der Waals surface area (Å²) >= 11 is 11.4. The topological polar surface area (TPSA) is 33.3 Å². The molecular weight excluding hydrogens is 456 g/mol. The molecule has 1 saturated heterocycles. The second kappa shape index (κ2) is 11.3. The minimum atomic E-state index is 0.514. The molecule has 1 aliphatic heterocycles. The Labute approximate surface area is 185 Å². The lowest BCUT2D eigenvalue weighted by Gasteiger charge is -2.13. The van der Waals surface area contributed by atoms with Crippen LogP contribution in [0.3, 0.4) is 0 Å². The van der Waals surface area contributed by atoms with Crippen LogP contribution in [0.1, 0.15) is 17.5 Å². The first-order valence-electron chi connectivity index (χ1n) is 9.50. The van der Waals surface area contributed by atoms with Gasteiger partial charge in [0.2, 0.25) is 0 Å². The molecule has 2 aromatic carbocycles. The Bertz CT molecular complexity index is 796. The Morgan fingerprint density at radius 3 is 2.89 bits per heavy atom. The van der Waals surface area contributed by atoms with Gasteiger partial charge in [0.15, 0.2) is 0 Å². The van der Waals surface area contributed by atoms with Gasteiger partial charge in [-0.2, -0.15) is 0 Å². The summed E-state index contributed by atoms with van der Waals surface area (Å²) in [4.78, 5) is 1.18. The van der Waals surface area contributed by atoms with Crippen molar-refractivity contribution < 1.29 is 4.74 Å². The number of benzene rings is 2. The Morgan fingerprint density at radius 1 is 1.29 bits per heavy atom. The van der Waals surface area contributed by atoms with E-state index in [1.165, 1.54) is 22.4 Å². The van der Waals surface area contributed by atoms with E-state index in [0.717, 1.165) is 53.1 Å². The second-order valence-corrected chi connectivity index (χ2v) is 9.25. The maximum absolute atomic E-state index is 6.04. The summed E-state index contributed by atoms with van der Waals surface area (Å²) in [6, 6.07) is 12.4. The van der Waals surface area contributed by atoms with Crippen LogP contribution in [-0.2, 0) is 12.3 Å². The van der Waals surface area contributed by atoms with E-state index < -0.39 is 0 Å². The molecule has 150 valence electrons. The van der Waals surface area contributed by atoms with Gasteiger partial charge in [0, 0.05) is 26.7 Å². The van der Waals surface area contributed by atoms with E-state index in [2.05, 4.69) is 51.3 Å². The van der Waals surface area contributed by atoms with Crippen LogP contribution in [0.4, 0.5) is 0 Å². The summed E-state index contributed by atoms with van der Waals surface area (Å²) in [5, 5.41) is 7.75. The molecule has 1 atom stereocenters.